The maximum atomic E-state index is 13.4. The number of ketones is 1. The molecule has 0 aliphatic rings. The Morgan fingerprint density at radius 2 is 1.60 bits per heavy atom. The van der Waals surface area contributed by atoms with Gasteiger partial charge >= 0.3 is 5.97 Å². The van der Waals surface area contributed by atoms with Crippen LogP contribution in [0.25, 0.3) is 5.69 Å². The maximum absolute atomic E-state index is 13.4. The van der Waals surface area contributed by atoms with E-state index in [0.717, 1.165) is 11.8 Å². The summed E-state index contributed by atoms with van der Waals surface area (Å²) in [5, 5.41) is 22.4. The number of nitrogens with zero attached hydrogens (tertiary/aromatic N) is 4. The van der Waals surface area contributed by atoms with Crippen molar-refractivity contribution in [2.45, 2.75) is 10.4 Å². The van der Waals surface area contributed by atoms with Crippen molar-refractivity contribution in [1.29, 1.82) is 0 Å². The van der Waals surface area contributed by atoms with Crippen molar-refractivity contribution in [1.82, 2.24) is 20.2 Å². The number of methoxy groups -OCH3 is 1. The Bertz CT molecular complexity index is 1340. The normalized spacial score (nSPS) is 11.5. The predicted molar refractivity (Wildman–Crippen MR) is 128 cm³/mol. The number of tetrazole rings is 1. The van der Waals surface area contributed by atoms with E-state index in [1.165, 1.54) is 36.1 Å². The van der Waals surface area contributed by atoms with Crippen molar-refractivity contribution in [2.24, 2.45) is 0 Å². The highest BCUT2D eigenvalue weighted by Crippen LogP contribution is 2.28. The minimum Gasteiger partial charge on any atom is -0.497 e. The van der Waals surface area contributed by atoms with Gasteiger partial charge in [-0.05, 0) is 71.1 Å². The lowest BCUT2D eigenvalue weighted by Crippen LogP contribution is -2.33. The lowest BCUT2D eigenvalue weighted by atomic mass is 10.1. The molecule has 4 rings (SSSR count). The number of aromatic carboxylic acids is 1. The van der Waals surface area contributed by atoms with Gasteiger partial charge in [0.05, 0.1) is 18.4 Å². The van der Waals surface area contributed by atoms with Crippen LogP contribution in [-0.4, -0.2) is 55.3 Å². The number of hydrogen-bond acceptors (Lipinski definition) is 8. The zero-order valence-electron chi connectivity index (χ0n) is 18.4. The zero-order chi connectivity index (χ0) is 24.8. The Balaban J connectivity index is 1.65. The molecule has 35 heavy (non-hydrogen) atoms. The van der Waals surface area contributed by atoms with Crippen molar-refractivity contribution in [3.8, 4) is 11.4 Å². The Labute approximate surface area is 203 Å². The van der Waals surface area contributed by atoms with Crippen LogP contribution in [0.2, 0.25) is 0 Å². The van der Waals surface area contributed by atoms with E-state index in [-0.39, 0.29) is 10.7 Å². The van der Waals surface area contributed by atoms with Gasteiger partial charge in [0, 0.05) is 11.3 Å². The molecule has 176 valence electrons. The van der Waals surface area contributed by atoms with Crippen LogP contribution in [-0.2, 0) is 4.79 Å². The Kier molecular flexibility index (Phi) is 7.17. The van der Waals surface area contributed by atoms with Crippen LogP contribution in [0.4, 0.5) is 5.69 Å². The standard InChI is InChI=1S/C24H19N5O5S/c1-34-19-13-9-15(10-14-19)20(30)21(22(31)25-17-5-3-2-4-6-17)35-24-26-27-28-29(24)18-11-7-16(8-12-18)23(32)33/h2-14,21H,1H3,(H,25,31)(H,32,33). The summed E-state index contributed by atoms with van der Waals surface area (Å²) in [5.41, 5.74) is 1.43. The number of hydrogen-bond donors (Lipinski definition) is 2. The second-order valence-corrected chi connectivity index (χ2v) is 8.24. The van der Waals surface area contributed by atoms with E-state index in [9.17, 15) is 14.4 Å². The average molecular weight is 490 g/mol. The first-order chi connectivity index (χ1) is 17.0. The summed E-state index contributed by atoms with van der Waals surface area (Å²) in [6.07, 6.45) is 0. The van der Waals surface area contributed by atoms with Crippen LogP contribution in [0.5, 0.6) is 5.75 Å². The molecule has 3 aromatic carbocycles. The second-order valence-electron chi connectivity index (χ2n) is 7.17. The first kappa shape index (κ1) is 23.6. The fourth-order valence-corrected chi connectivity index (χ4v) is 4.07. The topological polar surface area (TPSA) is 136 Å². The molecule has 0 spiro atoms. The largest absolute Gasteiger partial charge is 0.497 e. The molecule has 0 radical (unpaired) electrons. The van der Waals surface area contributed by atoms with E-state index < -0.39 is 22.9 Å². The van der Waals surface area contributed by atoms with E-state index in [1.54, 1.807) is 48.5 Å². The number of carboxylic acids is 1. The molecule has 2 N–H and O–H groups in total. The number of para-hydroxylation sites is 1. The van der Waals surface area contributed by atoms with Crippen LogP contribution >= 0.6 is 11.8 Å². The average Bonchev–Trinajstić information content (AvgIpc) is 3.36. The molecule has 0 saturated carbocycles. The highest BCUT2D eigenvalue weighted by atomic mass is 32.2. The van der Waals surface area contributed by atoms with Crippen molar-refractivity contribution in [3.05, 3.63) is 90.0 Å². The van der Waals surface area contributed by atoms with E-state index in [1.807, 2.05) is 6.07 Å². The summed E-state index contributed by atoms with van der Waals surface area (Å²) in [6, 6.07) is 21.1. The molecule has 0 bridgehead atoms. The zero-order valence-corrected chi connectivity index (χ0v) is 19.2. The second kappa shape index (κ2) is 10.6. The van der Waals surface area contributed by atoms with Crippen LogP contribution in [0.1, 0.15) is 20.7 Å². The van der Waals surface area contributed by atoms with Gasteiger partial charge in [-0.2, -0.15) is 4.68 Å². The molecule has 1 aromatic heterocycles. The number of carbonyl (C=O) groups is 3. The molecular formula is C24H19N5O5S. The van der Waals surface area contributed by atoms with Crippen LogP contribution in [0, 0.1) is 0 Å². The molecule has 11 heteroatoms. The molecule has 1 amide bonds. The SMILES string of the molecule is COc1ccc(C(=O)C(Sc2nnnn2-c2ccc(C(=O)O)cc2)C(=O)Nc2ccccc2)cc1. The number of thioether (sulfide) groups is 1. The smallest absolute Gasteiger partial charge is 0.335 e. The minimum atomic E-state index is -1.22. The lowest BCUT2D eigenvalue weighted by molar-refractivity contribution is -0.115. The van der Waals surface area contributed by atoms with Gasteiger partial charge in [0.1, 0.15) is 5.75 Å². The summed E-state index contributed by atoms with van der Waals surface area (Å²) in [6.45, 7) is 0. The number of aromatic nitrogens is 4. The van der Waals surface area contributed by atoms with Gasteiger partial charge in [-0.3, -0.25) is 9.59 Å². The summed E-state index contributed by atoms with van der Waals surface area (Å²) < 4.78 is 6.48. The number of nitrogens with one attached hydrogen (secondary N) is 1. The Hall–Kier alpha value is -4.51. The van der Waals surface area contributed by atoms with Gasteiger partial charge in [0.25, 0.3) is 0 Å². The maximum Gasteiger partial charge on any atom is 0.335 e. The summed E-state index contributed by atoms with van der Waals surface area (Å²) >= 11 is 0.885. The van der Waals surface area contributed by atoms with Gasteiger partial charge < -0.3 is 15.2 Å². The molecular weight excluding hydrogens is 470 g/mol. The highest BCUT2D eigenvalue weighted by molar-refractivity contribution is 8.01. The van der Waals surface area contributed by atoms with Crippen molar-refractivity contribution < 1.29 is 24.2 Å². The van der Waals surface area contributed by atoms with Crippen molar-refractivity contribution in [2.75, 3.05) is 12.4 Å². The number of carbonyl (C=O) groups excluding carboxylic acids is 2. The summed E-state index contributed by atoms with van der Waals surface area (Å²) in [5.74, 6) is -1.47. The minimum absolute atomic E-state index is 0.103. The van der Waals surface area contributed by atoms with Crippen molar-refractivity contribution in [3.63, 3.8) is 0 Å². The summed E-state index contributed by atoms with van der Waals surface area (Å²) in [7, 11) is 1.52. The molecule has 0 aliphatic heterocycles. The Morgan fingerprint density at radius 1 is 0.943 bits per heavy atom. The molecule has 1 heterocycles. The number of carboxylic acid groups (broad SMARTS) is 1. The molecule has 1 atom stereocenters. The highest BCUT2D eigenvalue weighted by Gasteiger charge is 2.31. The summed E-state index contributed by atoms with van der Waals surface area (Å²) in [4.78, 5) is 37.8. The predicted octanol–water partition coefficient (Wildman–Crippen LogP) is 3.35. The number of Topliss-reactive ketones (excluding diaryl/α,β-unsaturated/α-hetero) is 1. The van der Waals surface area contributed by atoms with Crippen molar-refractivity contribution >= 4 is 35.1 Å². The van der Waals surface area contributed by atoms with Gasteiger partial charge in [0.15, 0.2) is 11.0 Å². The fraction of sp³-hybridized carbons (Fsp3) is 0.0833. The third-order valence-electron chi connectivity index (χ3n) is 4.92. The lowest BCUT2D eigenvalue weighted by Gasteiger charge is -2.15. The van der Waals surface area contributed by atoms with E-state index in [0.29, 0.717) is 22.7 Å². The monoisotopic (exact) mass is 489 g/mol. The number of rotatable bonds is 9. The Morgan fingerprint density at radius 3 is 2.23 bits per heavy atom. The third kappa shape index (κ3) is 5.53. The molecule has 0 fully saturated rings. The van der Waals surface area contributed by atoms with Crippen LogP contribution in [0.15, 0.2) is 84.0 Å². The molecule has 4 aromatic rings. The van der Waals surface area contributed by atoms with E-state index in [4.69, 9.17) is 9.84 Å². The fourth-order valence-electron chi connectivity index (χ4n) is 3.13. The number of amides is 1. The van der Waals surface area contributed by atoms with Crippen LogP contribution in [0.3, 0.4) is 0 Å². The molecule has 1 unspecified atom stereocenters. The van der Waals surface area contributed by atoms with Gasteiger partial charge in [0.2, 0.25) is 11.1 Å². The number of anilines is 1. The van der Waals surface area contributed by atoms with Gasteiger partial charge in [-0.1, -0.05) is 30.0 Å². The third-order valence-corrected chi connectivity index (χ3v) is 6.04. The quantitative estimate of drug-likeness (QED) is 0.206. The van der Waals surface area contributed by atoms with E-state index >= 15 is 0 Å². The number of ether oxygens (including phenoxy) is 1. The molecule has 0 aliphatic carbocycles. The number of benzene rings is 3. The van der Waals surface area contributed by atoms with E-state index in [2.05, 4.69) is 20.8 Å². The first-order valence-corrected chi connectivity index (χ1v) is 11.2. The molecule has 10 nitrogen and oxygen atoms in total. The van der Waals surface area contributed by atoms with Crippen LogP contribution < -0.4 is 10.1 Å². The first-order valence-electron chi connectivity index (χ1n) is 10.3. The van der Waals surface area contributed by atoms with Gasteiger partial charge in [-0.15, -0.1) is 5.10 Å². The van der Waals surface area contributed by atoms with Gasteiger partial charge in [-0.25, -0.2) is 4.79 Å². The molecule has 0 saturated heterocycles.